The second-order valence-electron chi connectivity index (χ2n) is 7.65. The van der Waals surface area contributed by atoms with Crippen molar-refractivity contribution in [2.24, 2.45) is 0 Å². The monoisotopic (exact) mass is 468 g/mol. The quantitative estimate of drug-likeness (QED) is 0.468. The van der Waals surface area contributed by atoms with E-state index in [1.54, 1.807) is 18.1 Å². The zero-order valence-electron chi connectivity index (χ0n) is 18.7. The van der Waals surface area contributed by atoms with E-state index in [4.69, 9.17) is 18.6 Å². The van der Waals surface area contributed by atoms with Gasteiger partial charge in [0.25, 0.3) is 5.91 Å². The van der Waals surface area contributed by atoms with E-state index in [-0.39, 0.29) is 30.7 Å². The highest BCUT2D eigenvalue weighted by Crippen LogP contribution is 2.21. The van der Waals surface area contributed by atoms with Crippen molar-refractivity contribution in [2.45, 2.75) is 6.61 Å². The van der Waals surface area contributed by atoms with Gasteiger partial charge in [-0.2, -0.15) is 0 Å². The fourth-order valence-corrected chi connectivity index (χ4v) is 3.55. The molecule has 1 amide bonds. The molecule has 0 unspecified atom stereocenters. The summed E-state index contributed by atoms with van der Waals surface area (Å²) in [5, 5.41) is 0. The van der Waals surface area contributed by atoms with E-state index in [0.717, 1.165) is 11.4 Å². The minimum absolute atomic E-state index is 0.0187. The molecule has 2 aromatic carbocycles. The van der Waals surface area contributed by atoms with Gasteiger partial charge in [-0.15, -0.1) is 0 Å². The highest BCUT2D eigenvalue weighted by atomic mass is 19.1. The number of ether oxygens (including phenoxy) is 3. The second kappa shape index (κ2) is 10.7. The summed E-state index contributed by atoms with van der Waals surface area (Å²) in [6, 6.07) is 16.4. The molecule has 3 aromatic rings. The first kappa shape index (κ1) is 23.2. The molecule has 0 aliphatic carbocycles. The van der Waals surface area contributed by atoms with Gasteiger partial charge in [0.2, 0.25) is 5.76 Å². The lowest BCUT2D eigenvalue weighted by atomic mass is 10.2. The smallest absolute Gasteiger partial charge is 0.374 e. The molecule has 0 N–H and O–H groups in total. The lowest BCUT2D eigenvalue weighted by Gasteiger charge is -2.36. The number of carbonyl (C=O) groups excluding carboxylic acids is 2. The Morgan fingerprint density at radius 3 is 2.26 bits per heavy atom. The molecule has 1 aromatic heterocycles. The number of furan rings is 1. The summed E-state index contributed by atoms with van der Waals surface area (Å²) in [6.45, 7) is 2.14. The maximum absolute atomic E-state index is 12.9. The number of methoxy groups -OCH3 is 1. The van der Waals surface area contributed by atoms with Gasteiger partial charge in [-0.25, -0.2) is 9.18 Å². The highest BCUT2D eigenvalue weighted by molar-refractivity contribution is 5.89. The Hall–Kier alpha value is -4.01. The van der Waals surface area contributed by atoms with Gasteiger partial charge in [-0.05, 0) is 60.7 Å². The van der Waals surface area contributed by atoms with E-state index in [1.165, 1.54) is 30.3 Å². The molecule has 1 saturated heterocycles. The van der Waals surface area contributed by atoms with Crippen LogP contribution >= 0.6 is 0 Å². The van der Waals surface area contributed by atoms with Crippen LogP contribution in [-0.2, 0) is 16.1 Å². The fraction of sp³-hybridized carbons (Fsp3) is 0.280. The van der Waals surface area contributed by atoms with Gasteiger partial charge in [0.15, 0.2) is 6.61 Å². The van der Waals surface area contributed by atoms with Gasteiger partial charge in [0.1, 0.15) is 29.7 Å². The molecule has 0 radical (unpaired) electrons. The number of anilines is 1. The van der Waals surface area contributed by atoms with Crippen LogP contribution in [0.5, 0.6) is 11.5 Å². The van der Waals surface area contributed by atoms with Crippen LogP contribution in [0.15, 0.2) is 65.1 Å². The third kappa shape index (κ3) is 5.86. The summed E-state index contributed by atoms with van der Waals surface area (Å²) in [5.74, 6) is 0.312. The standard InChI is InChI=1S/C25H25FN2O6/c1-31-20-8-4-19(5-9-20)27-12-14-28(15-13-27)24(29)17-33-25(30)23-11-10-22(34-23)16-32-21-6-2-18(26)3-7-21/h2-11H,12-17H2,1H3. The molecule has 0 saturated carbocycles. The third-order valence-corrected chi connectivity index (χ3v) is 5.45. The Morgan fingerprint density at radius 2 is 1.59 bits per heavy atom. The van der Waals surface area contributed by atoms with Crippen LogP contribution in [0, 0.1) is 5.82 Å². The number of halogens is 1. The van der Waals surface area contributed by atoms with Crippen LogP contribution in [0.1, 0.15) is 16.3 Å². The molecule has 34 heavy (non-hydrogen) atoms. The summed E-state index contributed by atoms with van der Waals surface area (Å²) in [7, 11) is 1.63. The average Bonchev–Trinajstić information content (AvgIpc) is 3.36. The molecule has 0 spiro atoms. The van der Waals surface area contributed by atoms with Crippen LogP contribution in [-0.4, -0.2) is 56.7 Å². The maximum atomic E-state index is 12.9. The summed E-state index contributed by atoms with van der Waals surface area (Å²) in [6.07, 6.45) is 0. The number of carbonyl (C=O) groups is 2. The second-order valence-corrected chi connectivity index (χ2v) is 7.65. The van der Waals surface area contributed by atoms with Crippen molar-refractivity contribution >= 4 is 17.6 Å². The molecule has 1 aliphatic rings. The summed E-state index contributed by atoms with van der Waals surface area (Å²) in [5.41, 5.74) is 1.07. The normalized spacial score (nSPS) is 13.5. The van der Waals surface area contributed by atoms with Crippen molar-refractivity contribution in [2.75, 3.05) is 44.8 Å². The zero-order valence-corrected chi connectivity index (χ0v) is 18.7. The number of nitrogens with zero attached hydrogens (tertiary/aromatic N) is 2. The Labute approximate surface area is 196 Å². The van der Waals surface area contributed by atoms with Crippen molar-refractivity contribution in [3.8, 4) is 11.5 Å². The van der Waals surface area contributed by atoms with Crippen LogP contribution in [0.2, 0.25) is 0 Å². The number of esters is 1. The van der Waals surface area contributed by atoms with Crippen LogP contribution < -0.4 is 14.4 Å². The van der Waals surface area contributed by atoms with Crippen LogP contribution in [0.4, 0.5) is 10.1 Å². The molecule has 9 heteroatoms. The first-order valence-corrected chi connectivity index (χ1v) is 10.8. The number of benzene rings is 2. The first-order valence-electron chi connectivity index (χ1n) is 10.8. The van der Waals surface area contributed by atoms with Crippen molar-refractivity contribution in [3.63, 3.8) is 0 Å². The van der Waals surface area contributed by atoms with Crippen molar-refractivity contribution in [3.05, 3.63) is 78.0 Å². The third-order valence-electron chi connectivity index (χ3n) is 5.45. The molecule has 4 rings (SSSR count). The number of piperazine rings is 1. The maximum Gasteiger partial charge on any atom is 0.374 e. The average molecular weight is 468 g/mol. The molecular formula is C25H25FN2O6. The van der Waals surface area contributed by atoms with Crippen molar-refractivity contribution in [1.82, 2.24) is 4.90 Å². The van der Waals surface area contributed by atoms with E-state index < -0.39 is 5.97 Å². The molecule has 2 heterocycles. The predicted octanol–water partition coefficient (Wildman–Crippen LogP) is 3.51. The van der Waals surface area contributed by atoms with E-state index >= 15 is 0 Å². The lowest BCUT2D eigenvalue weighted by molar-refractivity contribution is -0.134. The first-order chi connectivity index (χ1) is 16.5. The molecule has 1 fully saturated rings. The molecule has 0 bridgehead atoms. The van der Waals surface area contributed by atoms with Crippen molar-refractivity contribution in [1.29, 1.82) is 0 Å². The molecule has 178 valence electrons. The van der Waals surface area contributed by atoms with Gasteiger partial charge in [-0.1, -0.05) is 0 Å². The van der Waals surface area contributed by atoms with E-state index in [0.29, 0.717) is 37.7 Å². The number of hydrogen-bond donors (Lipinski definition) is 0. The highest BCUT2D eigenvalue weighted by Gasteiger charge is 2.23. The Kier molecular flexibility index (Phi) is 7.31. The predicted molar refractivity (Wildman–Crippen MR) is 122 cm³/mol. The fourth-order valence-electron chi connectivity index (χ4n) is 3.55. The Morgan fingerprint density at radius 1 is 0.912 bits per heavy atom. The molecular weight excluding hydrogens is 443 g/mol. The van der Waals surface area contributed by atoms with E-state index in [2.05, 4.69) is 4.90 Å². The summed E-state index contributed by atoms with van der Waals surface area (Å²) < 4.78 is 34.2. The van der Waals surface area contributed by atoms with Crippen LogP contribution in [0.25, 0.3) is 0 Å². The van der Waals surface area contributed by atoms with E-state index in [1.807, 2.05) is 24.3 Å². The molecule has 8 nitrogen and oxygen atoms in total. The van der Waals surface area contributed by atoms with Gasteiger partial charge in [0, 0.05) is 31.9 Å². The minimum Gasteiger partial charge on any atom is -0.497 e. The Balaban J connectivity index is 1.20. The van der Waals surface area contributed by atoms with Gasteiger partial charge in [-0.3, -0.25) is 4.79 Å². The van der Waals surface area contributed by atoms with E-state index in [9.17, 15) is 14.0 Å². The minimum atomic E-state index is -0.724. The molecule has 0 atom stereocenters. The van der Waals surface area contributed by atoms with Gasteiger partial charge in [0.05, 0.1) is 7.11 Å². The Bertz CT molecular complexity index is 1110. The van der Waals surface area contributed by atoms with Gasteiger partial charge >= 0.3 is 5.97 Å². The lowest BCUT2D eigenvalue weighted by Crippen LogP contribution is -2.49. The molecule has 1 aliphatic heterocycles. The topological polar surface area (TPSA) is 81.5 Å². The SMILES string of the molecule is COc1ccc(N2CCN(C(=O)COC(=O)c3ccc(COc4ccc(F)cc4)o3)CC2)cc1. The summed E-state index contributed by atoms with van der Waals surface area (Å²) in [4.78, 5) is 28.6. The number of rotatable bonds is 8. The van der Waals surface area contributed by atoms with Gasteiger partial charge < -0.3 is 28.4 Å². The zero-order chi connectivity index (χ0) is 23.9. The largest absolute Gasteiger partial charge is 0.497 e. The van der Waals surface area contributed by atoms with Crippen molar-refractivity contribution < 1.29 is 32.6 Å². The number of hydrogen-bond acceptors (Lipinski definition) is 7. The van der Waals surface area contributed by atoms with Crippen LogP contribution in [0.3, 0.4) is 0 Å². The number of amides is 1. The summed E-state index contributed by atoms with van der Waals surface area (Å²) >= 11 is 0.